The zero-order valence-electron chi connectivity index (χ0n) is 20.1. The van der Waals surface area contributed by atoms with Crippen LogP contribution in [0.15, 0.2) is 65.8 Å². The van der Waals surface area contributed by atoms with Crippen molar-refractivity contribution in [3.63, 3.8) is 0 Å². The molecule has 1 aliphatic rings. The third kappa shape index (κ3) is 4.99. The third-order valence-corrected chi connectivity index (χ3v) is 7.56. The normalized spacial score (nSPS) is 13.1. The number of hydrogen-bond donors (Lipinski definition) is 2. The molecule has 0 radical (unpaired) electrons. The number of fused-ring (bicyclic) bond motifs is 1. The van der Waals surface area contributed by atoms with Gasteiger partial charge >= 0.3 is 0 Å². The summed E-state index contributed by atoms with van der Waals surface area (Å²) < 4.78 is 14.0. The number of nitrogens with zero attached hydrogens (tertiary/aromatic N) is 2. The highest BCUT2D eigenvalue weighted by Gasteiger charge is 2.28. The van der Waals surface area contributed by atoms with Crippen molar-refractivity contribution < 1.29 is 9.18 Å². The van der Waals surface area contributed by atoms with Gasteiger partial charge in [0.2, 0.25) is 0 Å². The third-order valence-electron chi connectivity index (χ3n) is 6.53. The molecule has 5 nitrogen and oxygen atoms in total. The number of halogens is 2. The highest BCUT2D eigenvalue weighted by molar-refractivity contribution is 7.98. The standard InChI is InChI=1S/C28H26ClFN4OS/c1-17-26(33-16-32-17)14-31-21-12-24(23-8-7-20(30)11-27(23)36-2)22-9-10-34(28(35)25(22)13-21)15-18-3-5-19(29)6-4-18/h3-8,11-13,16,31H,9-10,14-15H2,1-2H3,(H,32,33). The number of rotatable bonds is 7. The predicted octanol–water partition coefficient (Wildman–Crippen LogP) is 6.71. The van der Waals surface area contributed by atoms with Gasteiger partial charge in [0.15, 0.2) is 0 Å². The first kappa shape index (κ1) is 24.4. The molecule has 1 amide bonds. The van der Waals surface area contributed by atoms with Gasteiger partial charge < -0.3 is 15.2 Å². The number of thioether (sulfide) groups is 1. The van der Waals surface area contributed by atoms with Crippen molar-refractivity contribution in [2.75, 3.05) is 18.1 Å². The number of carbonyl (C=O) groups is 1. The summed E-state index contributed by atoms with van der Waals surface area (Å²) in [7, 11) is 0. The number of benzene rings is 3. The van der Waals surface area contributed by atoms with Gasteiger partial charge in [-0.05, 0) is 78.3 Å². The molecular formula is C28H26ClFN4OS. The minimum absolute atomic E-state index is 0.0140. The Bertz CT molecular complexity index is 1420. The van der Waals surface area contributed by atoms with Crippen LogP contribution in [0.2, 0.25) is 5.02 Å². The number of aromatic amines is 1. The van der Waals surface area contributed by atoms with Gasteiger partial charge in [0.1, 0.15) is 5.82 Å². The number of nitrogens with one attached hydrogen (secondary N) is 2. The molecule has 5 rings (SSSR count). The van der Waals surface area contributed by atoms with Crippen LogP contribution in [0.4, 0.5) is 10.1 Å². The zero-order valence-corrected chi connectivity index (χ0v) is 21.6. The second kappa shape index (κ2) is 10.4. The lowest BCUT2D eigenvalue weighted by atomic mass is 9.89. The number of aryl methyl sites for hydroxylation is 1. The van der Waals surface area contributed by atoms with Gasteiger partial charge in [-0.25, -0.2) is 9.37 Å². The van der Waals surface area contributed by atoms with E-state index in [1.54, 1.807) is 12.4 Å². The highest BCUT2D eigenvalue weighted by atomic mass is 35.5. The van der Waals surface area contributed by atoms with Gasteiger partial charge in [-0.15, -0.1) is 11.8 Å². The summed E-state index contributed by atoms with van der Waals surface area (Å²) in [5, 5.41) is 4.11. The van der Waals surface area contributed by atoms with E-state index in [2.05, 4.69) is 21.4 Å². The SMILES string of the molecule is CSc1cc(F)ccc1-c1cc(NCc2nc[nH]c2C)cc2c1CCN(Cc1ccc(Cl)cc1)C2=O. The van der Waals surface area contributed by atoms with Crippen LogP contribution in [0.25, 0.3) is 11.1 Å². The Morgan fingerprint density at radius 2 is 1.89 bits per heavy atom. The average Bonchev–Trinajstić information content (AvgIpc) is 3.30. The van der Waals surface area contributed by atoms with Crippen molar-refractivity contribution >= 4 is 35.0 Å². The molecule has 0 bridgehead atoms. The van der Waals surface area contributed by atoms with E-state index in [0.717, 1.165) is 44.2 Å². The molecular weight excluding hydrogens is 495 g/mol. The Labute approximate surface area is 219 Å². The van der Waals surface area contributed by atoms with Crippen LogP contribution < -0.4 is 5.32 Å². The van der Waals surface area contributed by atoms with Crippen molar-refractivity contribution in [3.05, 3.63) is 99.8 Å². The fourth-order valence-corrected chi connectivity index (χ4v) is 5.35. The molecule has 0 unspecified atom stereocenters. The molecule has 1 aromatic heterocycles. The maximum atomic E-state index is 14.0. The minimum Gasteiger partial charge on any atom is -0.379 e. The molecule has 2 N–H and O–H groups in total. The van der Waals surface area contributed by atoms with E-state index in [1.165, 1.54) is 17.8 Å². The van der Waals surface area contributed by atoms with Gasteiger partial charge in [-0.1, -0.05) is 29.8 Å². The number of imidazole rings is 1. The first-order valence-electron chi connectivity index (χ1n) is 11.7. The molecule has 0 saturated heterocycles. The molecule has 0 saturated carbocycles. The van der Waals surface area contributed by atoms with Gasteiger partial charge in [0, 0.05) is 40.0 Å². The summed E-state index contributed by atoms with van der Waals surface area (Å²) in [4.78, 5) is 23.9. The fraction of sp³-hybridized carbons (Fsp3) is 0.214. The van der Waals surface area contributed by atoms with E-state index >= 15 is 0 Å². The number of anilines is 1. The number of hydrogen-bond acceptors (Lipinski definition) is 4. The van der Waals surface area contributed by atoms with Crippen LogP contribution in [0, 0.1) is 12.7 Å². The van der Waals surface area contributed by atoms with E-state index in [9.17, 15) is 9.18 Å². The first-order valence-corrected chi connectivity index (χ1v) is 13.3. The second-order valence-corrected chi connectivity index (χ2v) is 10.1. The van der Waals surface area contributed by atoms with Crippen molar-refractivity contribution in [3.8, 4) is 11.1 Å². The van der Waals surface area contributed by atoms with Gasteiger partial charge in [0.05, 0.1) is 18.6 Å². The highest BCUT2D eigenvalue weighted by Crippen LogP contribution is 2.38. The summed E-state index contributed by atoms with van der Waals surface area (Å²) in [6, 6.07) is 16.4. The van der Waals surface area contributed by atoms with Crippen LogP contribution in [-0.4, -0.2) is 33.6 Å². The van der Waals surface area contributed by atoms with Crippen LogP contribution in [0.5, 0.6) is 0 Å². The minimum atomic E-state index is -0.273. The van der Waals surface area contributed by atoms with E-state index in [4.69, 9.17) is 11.6 Å². The largest absolute Gasteiger partial charge is 0.379 e. The monoisotopic (exact) mass is 520 g/mol. The van der Waals surface area contributed by atoms with E-state index in [0.29, 0.717) is 36.6 Å². The maximum Gasteiger partial charge on any atom is 0.254 e. The summed E-state index contributed by atoms with van der Waals surface area (Å²) in [5.74, 6) is -0.287. The number of aromatic nitrogens is 2. The van der Waals surface area contributed by atoms with Gasteiger partial charge in [0.25, 0.3) is 5.91 Å². The van der Waals surface area contributed by atoms with Crippen molar-refractivity contribution in [1.82, 2.24) is 14.9 Å². The second-order valence-electron chi connectivity index (χ2n) is 8.83. The van der Waals surface area contributed by atoms with Gasteiger partial charge in [-0.3, -0.25) is 4.79 Å². The predicted molar refractivity (Wildman–Crippen MR) is 144 cm³/mol. The lowest BCUT2D eigenvalue weighted by Gasteiger charge is -2.31. The molecule has 0 atom stereocenters. The van der Waals surface area contributed by atoms with Crippen LogP contribution in [0.3, 0.4) is 0 Å². The molecule has 4 aromatic rings. The molecule has 0 aliphatic carbocycles. The summed E-state index contributed by atoms with van der Waals surface area (Å²) in [5.41, 5.74) is 7.31. The average molecular weight is 521 g/mol. The summed E-state index contributed by atoms with van der Waals surface area (Å²) in [6.07, 6.45) is 4.33. The molecule has 3 aromatic carbocycles. The maximum absolute atomic E-state index is 14.0. The topological polar surface area (TPSA) is 61.0 Å². The first-order chi connectivity index (χ1) is 17.4. The molecule has 0 fully saturated rings. The molecule has 184 valence electrons. The number of carbonyl (C=O) groups excluding carboxylic acids is 1. The molecule has 8 heteroatoms. The van der Waals surface area contributed by atoms with Crippen molar-refractivity contribution in [2.45, 2.75) is 31.3 Å². The number of amides is 1. The lowest BCUT2D eigenvalue weighted by molar-refractivity contribution is 0.0727. The molecule has 2 heterocycles. The molecule has 0 spiro atoms. The quantitative estimate of drug-likeness (QED) is 0.266. The van der Waals surface area contributed by atoms with Crippen LogP contribution in [0.1, 0.15) is 32.9 Å². The number of H-pyrrole nitrogens is 1. The van der Waals surface area contributed by atoms with Crippen LogP contribution in [-0.2, 0) is 19.5 Å². The fourth-order valence-electron chi connectivity index (χ4n) is 4.59. The van der Waals surface area contributed by atoms with E-state index in [-0.39, 0.29) is 11.7 Å². The Kier molecular flexibility index (Phi) is 7.03. The van der Waals surface area contributed by atoms with E-state index < -0.39 is 0 Å². The Morgan fingerprint density at radius 3 is 2.61 bits per heavy atom. The molecule has 1 aliphatic heterocycles. The Balaban J connectivity index is 1.54. The van der Waals surface area contributed by atoms with Gasteiger partial charge in [-0.2, -0.15) is 0 Å². The Hall–Kier alpha value is -3.29. The van der Waals surface area contributed by atoms with Crippen molar-refractivity contribution in [2.24, 2.45) is 0 Å². The van der Waals surface area contributed by atoms with Crippen molar-refractivity contribution in [1.29, 1.82) is 0 Å². The Morgan fingerprint density at radius 1 is 1.11 bits per heavy atom. The van der Waals surface area contributed by atoms with Crippen LogP contribution >= 0.6 is 23.4 Å². The summed E-state index contributed by atoms with van der Waals surface area (Å²) in [6.45, 7) is 3.62. The summed E-state index contributed by atoms with van der Waals surface area (Å²) >= 11 is 7.53. The lowest BCUT2D eigenvalue weighted by Crippen LogP contribution is -2.37. The smallest absolute Gasteiger partial charge is 0.254 e. The van der Waals surface area contributed by atoms with E-state index in [1.807, 2.05) is 54.5 Å². The zero-order chi connectivity index (χ0) is 25.2. The molecule has 36 heavy (non-hydrogen) atoms.